The Morgan fingerprint density at radius 1 is 1.11 bits per heavy atom. The third kappa shape index (κ3) is 5.84. The third-order valence-electron chi connectivity index (χ3n) is 6.14. The van der Waals surface area contributed by atoms with Crippen molar-refractivity contribution >= 4 is 29.1 Å². The lowest BCUT2D eigenvalue weighted by Crippen LogP contribution is -2.31. The van der Waals surface area contributed by atoms with Gasteiger partial charge in [0.25, 0.3) is 0 Å². The minimum atomic E-state index is -0.780. The van der Waals surface area contributed by atoms with Crippen LogP contribution in [0.15, 0.2) is 60.7 Å². The molecule has 3 aromatic rings. The number of aromatic nitrogens is 2. The van der Waals surface area contributed by atoms with Crippen LogP contribution in [0.5, 0.6) is 0 Å². The Morgan fingerprint density at radius 2 is 1.77 bits per heavy atom. The van der Waals surface area contributed by atoms with Crippen molar-refractivity contribution in [1.29, 1.82) is 0 Å². The van der Waals surface area contributed by atoms with E-state index < -0.39 is 12.0 Å². The first-order chi connectivity index (χ1) is 16.8. The number of benzene rings is 2. The maximum atomic E-state index is 12.9. The van der Waals surface area contributed by atoms with E-state index in [2.05, 4.69) is 15.3 Å². The number of aliphatic hydroxyl groups is 1. The topological polar surface area (TPSA) is 98.7 Å². The highest BCUT2D eigenvalue weighted by molar-refractivity contribution is 5.97. The Labute approximate surface area is 205 Å². The van der Waals surface area contributed by atoms with Crippen LogP contribution in [0, 0.1) is 19.8 Å². The molecule has 4 rings (SSSR count). The van der Waals surface area contributed by atoms with E-state index >= 15 is 0 Å². The Balaban J connectivity index is 1.37. The standard InChI is InChI=1S/C27H31N5O3/c1-4-32(27-28-18(2)14-19(3)29-27)23-12-10-22(11-13-23)30-26(35)21-15-25(34)31(16-21)17-24(33)20-8-6-5-7-9-20/h5-14,21,24,33H,4,15-17H2,1-3H3,(H,30,35). The van der Waals surface area contributed by atoms with Gasteiger partial charge in [-0.3, -0.25) is 9.59 Å². The quantitative estimate of drug-likeness (QED) is 0.517. The normalized spacial score (nSPS) is 16.3. The molecule has 2 N–H and O–H groups in total. The number of carbonyl (C=O) groups is 2. The molecule has 2 aromatic carbocycles. The van der Waals surface area contributed by atoms with Gasteiger partial charge in [0, 0.05) is 42.3 Å². The second-order valence-electron chi connectivity index (χ2n) is 8.86. The maximum Gasteiger partial charge on any atom is 0.230 e. The molecule has 35 heavy (non-hydrogen) atoms. The molecule has 1 saturated heterocycles. The Hall–Kier alpha value is -3.78. The number of amides is 2. The number of aryl methyl sites for hydroxylation is 2. The van der Waals surface area contributed by atoms with Crippen LogP contribution in [0.3, 0.4) is 0 Å². The average Bonchev–Trinajstić information content (AvgIpc) is 3.21. The van der Waals surface area contributed by atoms with Gasteiger partial charge in [0.1, 0.15) is 0 Å². The van der Waals surface area contributed by atoms with E-state index in [9.17, 15) is 14.7 Å². The van der Waals surface area contributed by atoms with E-state index in [-0.39, 0.29) is 24.8 Å². The van der Waals surface area contributed by atoms with Crippen molar-refractivity contribution in [2.24, 2.45) is 5.92 Å². The molecule has 2 heterocycles. The zero-order chi connectivity index (χ0) is 24.9. The van der Waals surface area contributed by atoms with Crippen LogP contribution in [0.1, 0.15) is 36.4 Å². The van der Waals surface area contributed by atoms with Crippen LogP contribution >= 0.6 is 0 Å². The van der Waals surface area contributed by atoms with Gasteiger partial charge >= 0.3 is 0 Å². The molecule has 0 saturated carbocycles. The lowest BCUT2D eigenvalue weighted by atomic mass is 10.1. The van der Waals surface area contributed by atoms with Crippen molar-refractivity contribution in [2.45, 2.75) is 33.3 Å². The van der Waals surface area contributed by atoms with Crippen LogP contribution in [0.2, 0.25) is 0 Å². The zero-order valence-corrected chi connectivity index (χ0v) is 20.3. The monoisotopic (exact) mass is 473 g/mol. The SMILES string of the molecule is CCN(c1ccc(NC(=O)C2CC(=O)N(CC(O)c3ccccc3)C2)cc1)c1nc(C)cc(C)n1. The summed E-state index contributed by atoms with van der Waals surface area (Å²) in [5, 5.41) is 13.4. The first-order valence-corrected chi connectivity index (χ1v) is 11.9. The smallest absolute Gasteiger partial charge is 0.230 e. The third-order valence-corrected chi connectivity index (χ3v) is 6.14. The number of nitrogens with one attached hydrogen (secondary N) is 1. The van der Waals surface area contributed by atoms with Gasteiger partial charge in [0.15, 0.2) is 0 Å². The first-order valence-electron chi connectivity index (χ1n) is 11.9. The Morgan fingerprint density at radius 3 is 2.40 bits per heavy atom. The molecule has 1 aliphatic rings. The van der Waals surface area contributed by atoms with Gasteiger partial charge in [-0.25, -0.2) is 9.97 Å². The summed E-state index contributed by atoms with van der Waals surface area (Å²) in [4.78, 5) is 38.0. The zero-order valence-electron chi connectivity index (χ0n) is 20.3. The molecule has 2 atom stereocenters. The van der Waals surface area contributed by atoms with Gasteiger partial charge in [0.2, 0.25) is 17.8 Å². The van der Waals surface area contributed by atoms with Crippen LogP contribution in [0.4, 0.5) is 17.3 Å². The molecule has 1 aromatic heterocycles. The predicted octanol–water partition coefficient (Wildman–Crippen LogP) is 3.77. The highest BCUT2D eigenvalue weighted by Gasteiger charge is 2.35. The molecule has 0 bridgehead atoms. The molecular formula is C27H31N5O3. The molecule has 0 spiro atoms. The summed E-state index contributed by atoms with van der Waals surface area (Å²) >= 11 is 0. The van der Waals surface area contributed by atoms with Crippen LogP contribution in [-0.2, 0) is 9.59 Å². The van der Waals surface area contributed by atoms with E-state index in [1.165, 1.54) is 0 Å². The highest BCUT2D eigenvalue weighted by Crippen LogP contribution is 2.26. The second kappa shape index (κ2) is 10.7. The van der Waals surface area contributed by atoms with Crippen molar-refractivity contribution < 1.29 is 14.7 Å². The molecule has 8 nitrogen and oxygen atoms in total. The van der Waals surface area contributed by atoms with E-state index in [0.717, 1.165) is 22.6 Å². The van der Waals surface area contributed by atoms with E-state index in [1.807, 2.05) is 86.3 Å². The van der Waals surface area contributed by atoms with Gasteiger partial charge in [0.05, 0.1) is 18.6 Å². The summed E-state index contributed by atoms with van der Waals surface area (Å²) in [6, 6.07) is 18.7. The van der Waals surface area contributed by atoms with Crippen molar-refractivity contribution in [2.75, 3.05) is 29.9 Å². The molecule has 0 radical (unpaired) electrons. The highest BCUT2D eigenvalue weighted by atomic mass is 16.3. The maximum absolute atomic E-state index is 12.9. The Bertz CT molecular complexity index is 1160. The fourth-order valence-corrected chi connectivity index (χ4v) is 4.35. The van der Waals surface area contributed by atoms with Crippen molar-refractivity contribution in [3.8, 4) is 0 Å². The molecule has 1 fully saturated rings. The van der Waals surface area contributed by atoms with Crippen LogP contribution < -0.4 is 10.2 Å². The summed E-state index contributed by atoms with van der Waals surface area (Å²) in [5.74, 6) is -0.139. The first kappa shape index (κ1) is 24.3. The van der Waals surface area contributed by atoms with E-state index in [4.69, 9.17) is 0 Å². The van der Waals surface area contributed by atoms with Crippen LogP contribution in [-0.4, -0.2) is 51.4 Å². The summed E-state index contributed by atoms with van der Waals surface area (Å²) in [6.45, 7) is 7.09. The molecule has 2 unspecified atom stereocenters. The largest absolute Gasteiger partial charge is 0.387 e. The van der Waals surface area contributed by atoms with Gasteiger partial charge in [-0.05, 0) is 56.7 Å². The molecule has 1 aliphatic heterocycles. The van der Waals surface area contributed by atoms with Crippen LogP contribution in [0.25, 0.3) is 0 Å². The van der Waals surface area contributed by atoms with Gasteiger partial charge in [-0.2, -0.15) is 0 Å². The lowest BCUT2D eigenvalue weighted by Gasteiger charge is -2.22. The summed E-state index contributed by atoms with van der Waals surface area (Å²) in [5.41, 5.74) is 4.15. The number of anilines is 3. The summed E-state index contributed by atoms with van der Waals surface area (Å²) in [6.07, 6.45) is -0.642. The fraction of sp³-hybridized carbons (Fsp3) is 0.333. The van der Waals surface area contributed by atoms with E-state index in [1.54, 1.807) is 4.90 Å². The average molecular weight is 474 g/mol. The molecule has 8 heteroatoms. The minimum absolute atomic E-state index is 0.123. The number of hydrogen-bond donors (Lipinski definition) is 2. The predicted molar refractivity (Wildman–Crippen MR) is 135 cm³/mol. The lowest BCUT2D eigenvalue weighted by molar-refractivity contribution is -0.129. The minimum Gasteiger partial charge on any atom is -0.387 e. The number of nitrogens with zero attached hydrogens (tertiary/aromatic N) is 4. The number of β-amino-alcohol motifs (C(OH)–C–C–N with tert-alkyl or cyclic N) is 1. The van der Waals surface area contributed by atoms with Gasteiger partial charge in [-0.15, -0.1) is 0 Å². The van der Waals surface area contributed by atoms with Gasteiger partial charge < -0.3 is 20.2 Å². The molecule has 0 aliphatic carbocycles. The molecular weight excluding hydrogens is 442 g/mol. The fourth-order valence-electron chi connectivity index (χ4n) is 4.35. The number of likely N-dealkylation sites (tertiary alicyclic amines) is 1. The number of hydrogen-bond acceptors (Lipinski definition) is 6. The summed E-state index contributed by atoms with van der Waals surface area (Å²) in [7, 11) is 0. The van der Waals surface area contributed by atoms with Crippen molar-refractivity contribution in [1.82, 2.24) is 14.9 Å². The van der Waals surface area contributed by atoms with Gasteiger partial charge in [-0.1, -0.05) is 30.3 Å². The molecule has 182 valence electrons. The number of carbonyl (C=O) groups excluding carboxylic acids is 2. The Kier molecular flexibility index (Phi) is 7.41. The second-order valence-corrected chi connectivity index (χ2v) is 8.86. The van der Waals surface area contributed by atoms with E-state index in [0.29, 0.717) is 24.7 Å². The number of rotatable bonds is 8. The molecule has 2 amide bonds. The summed E-state index contributed by atoms with van der Waals surface area (Å²) < 4.78 is 0. The van der Waals surface area contributed by atoms with Crippen molar-refractivity contribution in [3.05, 3.63) is 77.6 Å². The number of aliphatic hydroxyl groups excluding tert-OH is 1. The van der Waals surface area contributed by atoms with Crippen molar-refractivity contribution in [3.63, 3.8) is 0 Å².